The highest BCUT2D eigenvalue weighted by atomic mass is 16.3. The summed E-state index contributed by atoms with van der Waals surface area (Å²) in [6, 6.07) is 72.6. The second-order valence-electron chi connectivity index (χ2n) is 15.3. The average molecular weight is 740 g/mol. The number of hydrogen-bond acceptors (Lipinski definition) is 1. The van der Waals surface area contributed by atoms with E-state index >= 15 is 0 Å². The van der Waals surface area contributed by atoms with E-state index in [4.69, 9.17) is 4.42 Å². The number of hydrogen-bond donors (Lipinski definition) is 0. The molecular weight excluding hydrogens is 707 g/mol. The third-order valence-corrected chi connectivity index (χ3v) is 12.2. The zero-order valence-electron chi connectivity index (χ0n) is 31.3. The molecule has 4 nitrogen and oxygen atoms in total. The van der Waals surface area contributed by atoms with Crippen molar-refractivity contribution < 1.29 is 4.42 Å². The minimum Gasteiger partial charge on any atom is -0.456 e. The van der Waals surface area contributed by atoms with Gasteiger partial charge in [-0.1, -0.05) is 103 Å². The minimum atomic E-state index is 0.904. The van der Waals surface area contributed by atoms with Crippen LogP contribution < -0.4 is 0 Å². The van der Waals surface area contributed by atoms with E-state index in [1.54, 1.807) is 0 Å². The van der Waals surface area contributed by atoms with Crippen LogP contribution in [0.25, 0.3) is 116 Å². The second-order valence-corrected chi connectivity index (χ2v) is 15.3. The number of benzene rings is 9. The fourth-order valence-corrected chi connectivity index (χ4v) is 9.64. The van der Waals surface area contributed by atoms with Crippen molar-refractivity contribution in [2.75, 3.05) is 0 Å². The summed E-state index contributed by atoms with van der Waals surface area (Å²) in [6.07, 6.45) is 0. The summed E-state index contributed by atoms with van der Waals surface area (Å²) in [6.45, 7) is 0. The van der Waals surface area contributed by atoms with Gasteiger partial charge in [-0.3, -0.25) is 0 Å². The van der Waals surface area contributed by atoms with Gasteiger partial charge in [-0.25, -0.2) is 0 Å². The summed E-state index contributed by atoms with van der Waals surface area (Å²) in [4.78, 5) is 0. The van der Waals surface area contributed by atoms with Crippen LogP contribution in [-0.4, -0.2) is 13.7 Å². The Balaban J connectivity index is 1.08. The molecule has 13 rings (SSSR count). The molecule has 0 saturated carbocycles. The fourth-order valence-electron chi connectivity index (χ4n) is 9.64. The summed E-state index contributed by atoms with van der Waals surface area (Å²) in [5.74, 6) is 0. The van der Waals surface area contributed by atoms with Gasteiger partial charge < -0.3 is 18.1 Å². The molecule has 0 radical (unpaired) electrons. The van der Waals surface area contributed by atoms with Crippen LogP contribution >= 0.6 is 0 Å². The van der Waals surface area contributed by atoms with Crippen molar-refractivity contribution in [2.24, 2.45) is 0 Å². The molecule has 0 bridgehead atoms. The molecule has 4 aromatic heterocycles. The Morgan fingerprint density at radius 2 is 0.672 bits per heavy atom. The first-order valence-corrected chi connectivity index (χ1v) is 19.8. The van der Waals surface area contributed by atoms with Crippen LogP contribution in [0.3, 0.4) is 0 Å². The maximum absolute atomic E-state index is 6.44. The van der Waals surface area contributed by atoms with E-state index in [9.17, 15) is 0 Å². The minimum absolute atomic E-state index is 0.904. The van der Waals surface area contributed by atoms with Crippen molar-refractivity contribution in [3.63, 3.8) is 0 Å². The average Bonchev–Trinajstić information content (AvgIpc) is 4.01. The number of rotatable bonds is 4. The van der Waals surface area contributed by atoms with Crippen LogP contribution in [0.5, 0.6) is 0 Å². The molecule has 0 spiro atoms. The Morgan fingerprint density at radius 3 is 1.26 bits per heavy atom. The SMILES string of the molecule is c1ccc(-n2c3ccc(-c4ccc5c(c4)c4cc6c7ccccc7n(-c7ccccc7)c6cc4n5-c4ccccc4)cc3c3cc4oc5ccccc5c4cc32)cc1. The Bertz CT molecular complexity index is 3770. The van der Waals surface area contributed by atoms with Crippen LogP contribution in [0.4, 0.5) is 0 Å². The first kappa shape index (κ1) is 31.4. The van der Waals surface area contributed by atoms with Gasteiger partial charge in [-0.05, 0) is 108 Å². The van der Waals surface area contributed by atoms with E-state index in [1.165, 1.54) is 71.0 Å². The fraction of sp³-hybridized carbons (Fsp3) is 0. The molecule has 0 aliphatic carbocycles. The Kier molecular flexibility index (Phi) is 6.41. The van der Waals surface area contributed by atoms with E-state index in [0.29, 0.717) is 0 Å². The van der Waals surface area contributed by atoms with Crippen molar-refractivity contribution in [3.05, 3.63) is 200 Å². The standard InChI is InChI=1S/C54H33N3O/c1-4-14-36(15-5-1)55-47-22-12-10-20-39(47)43-30-44-41-28-34(24-26-48(41)57(52(44)33-51(43)55)38-18-8-3-9-19-38)35-25-27-49-42(29-35)45-32-54-46(40-21-11-13-23-53(40)58-54)31-50(45)56(49)37-16-6-2-7-17-37/h1-33H. The summed E-state index contributed by atoms with van der Waals surface area (Å²) in [5.41, 5.74) is 14.7. The largest absolute Gasteiger partial charge is 0.456 e. The topological polar surface area (TPSA) is 27.9 Å². The highest BCUT2D eigenvalue weighted by molar-refractivity contribution is 6.21. The third kappa shape index (κ3) is 4.40. The van der Waals surface area contributed by atoms with E-state index in [2.05, 4.69) is 208 Å². The molecule has 0 saturated heterocycles. The highest BCUT2D eigenvalue weighted by Gasteiger charge is 2.21. The summed E-state index contributed by atoms with van der Waals surface area (Å²) < 4.78 is 13.7. The number of fused-ring (bicyclic) bond motifs is 12. The van der Waals surface area contributed by atoms with Crippen LogP contribution in [0.15, 0.2) is 205 Å². The van der Waals surface area contributed by atoms with Gasteiger partial charge in [0.15, 0.2) is 0 Å². The molecule has 270 valence electrons. The highest BCUT2D eigenvalue weighted by Crippen LogP contribution is 2.43. The summed E-state index contributed by atoms with van der Waals surface area (Å²) in [7, 11) is 0. The van der Waals surface area contributed by atoms with E-state index < -0.39 is 0 Å². The molecule has 9 aromatic carbocycles. The molecule has 0 aliphatic heterocycles. The normalized spacial score (nSPS) is 12.1. The van der Waals surface area contributed by atoms with E-state index in [1.807, 2.05) is 6.07 Å². The maximum atomic E-state index is 6.44. The second kappa shape index (κ2) is 11.8. The first-order chi connectivity index (χ1) is 28.8. The lowest BCUT2D eigenvalue weighted by Gasteiger charge is -2.10. The Hall–Kier alpha value is -7.82. The lowest BCUT2D eigenvalue weighted by atomic mass is 10.00. The van der Waals surface area contributed by atoms with Gasteiger partial charge in [0, 0.05) is 60.2 Å². The van der Waals surface area contributed by atoms with Crippen molar-refractivity contribution in [2.45, 2.75) is 0 Å². The van der Waals surface area contributed by atoms with Gasteiger partial charge in [0.05, 0.1) is 33.1 Å². The molecule has 58 heavy (non-hydrogen) atoms. The molecule has 0 aliphatic rings. The lowest BCUT2D eigenvalue weighted by molar-refractivity contribution is 0.669. The molecule has 4 heteroatoms. The molecule has 0 N–H and O–H groups in total. The van der Waals surface area contributed by atoms with Crippen molar-refractivity contribution in [1.29, 1.82) is 0 Å². The van der Waals surface area contributed by atoms with Crippen LogP contribution in [-0.2, 0) is 0 Å². The van der Waals surface area contributed by atoms with Gasteiger partial charge >= 0.3 is 0 Å². The van der Waals surface area contributed by atoms with Gasteiger partial charge in [-0.15, -0.1) is 0 Å². The predicted octanol–water partition coefficient (Wildman–Crippen LogP) is 14.5. The smallest absolute Gasteiger partial charge is 0.136 e. The number of aromatic nitrogens is 3. The van der Waals surface area contributed by atoms with Crippen LogP contribution in [0, 0.1) is 0 Å². The zero-order chi connectivity index (χ0) is 37.9. The molecule has 0 fully saturated rings. The quantitative estimate of drug-likeness (QED) is 0.177. The van der Waals surface area contributed by atoms with Crippen molar-refractivity contribution in [3.8, 4) is 28.2 Å². The van der Waals surface area contributed by atoms with Crippen molar-refractivity contribution >= 4 is 87.4 Å². The van der Waals surface area contributed by atoms with Gasteiger partial charge in [0.1, 0.15) is 11.2 Å². The Labute approximate surface area is 332 Å². The van der Waals surface area contributed by atoms with Gasteiger partial charge in [-0.2, -0.15) is 0 Å². The van der Waals surface area contributed by atoms with Gasteiger partial charge in [0.2, 0.25) is 0 Å². The molecule has 0 amide bonds. The first-order valence-electron chi connectivity index (χ1n) is 19.8. The maximum Gasteiger partial charge on any atom is 0.136 e. The van der Waals surface area contributed by atoms with Crippen molar-refractivity contribution in [1.82, 2.24) is 13.7 Å². The molecule has 0 atom stereocenters. The molecule has 0 unspecified atom stereocenters. The van der Waals surface area contributed by atoms with Crippen LogP contribution in [0.1, 0.15) is 0 Å². The summed E-state index contributed by atoms with van der Waals surface area (Å²) >= 11 is 0. The number of para-hydroxylation sites is 5. The number of furan rings is 1. The summed E-state index contributed by atoms with van der Waals surface area (Å²) in [5, 5.41) is 9.59. The molecule has 4 heterocycles. The van der Waals surface area contributed by atoms with E-state index in [0.717, 1.165) is 44.5 Å². The van der Waals surface area contributed by atoms with Crippen LogP contribution in [0.2, 0.25) is 0 Å². The third-order valence-electron chi connectivity index (χ3n) is 12.2. The Morgan fingerprint density at radius 1 is 0.241 bits per heavy atom. The van der Waals surface area contributed by atoms with E-state index in [-0.39, 0.29) is 0 Å². The zero-order valence-corrected chi connectivity index (χ0v) is 31.3. The van der Waals surface area contributed by atoms with Gasteiger partial charge in [0.25, 0.3) is 0 Å². The lowest BCUT2D eigenvalue weighted by Crippen LogP contribution is -1.95. The number of nitrogens with zero attached hydrogens (tertiary/aromatic N) is 3. The predicted molar refractivity (Wildman–Crippen MR) is 242 cm³/mol. The molecule has 13 aromatic rings. The molecular formula is C54H33N3O. The monoisotopic (exact) mass is 739 g/mol.